The van der Waals surface area contributed by atoms with E-state index >= 15 is 0 Å². The predicted octanol–water partition coefficient (Wildman–Crippen LogP) is 3.23. The van der Waals surface area contributed by atoms with Crippen LogP contribution in [0.15, 0.2) is 0 Å². The summed E-state index contributed by atoms with van der Waals surface area (Å²) in [6.45, 7) is 10.2. The van der Waals surface area contributed by atoms with Crippen LogP contribution in [0, 0.1) is 0 Å². The molecule has 1 fully saturated rings. The van der Waals surface area contributed by atoms with E-state index in [9.17, 15) is 0 Å². The van der Waals surface area contributed by atoms with Gasteiger partial charge in [0.25, 0.3) is 0 Å². The van der Waals surface area contributed by atoms with Gasteiger partial charge in [0, 0.05) is 24.7 Å². The molecule has 1 aromatic heterocycles. The third-order valence-corrected chi connectivity index (χ3v) is 4.35. The number of likely N-dealkylation sites (tertiary alicyclic amines) is 1. The molecule has 108 valence electrons. The van der Waals surface area contributed by atoms with Crippen molar-refractivity contribution in [2.24, 2.45) is 0 Å². The van der Waals surface area contributed by atoms with Crippen LogP contribution in [0.1, 0.15) is 62.9 Å². The molecule has 2 heterocycles. The maximum absolute atomic E-state index is 4.97. The van der Waals surface area contributed by atoms with Gasteiger partial charge in [-0.2, -0.15) is 5.10 Å². The summed E-state index contributed by atoms with van der Waals surface area (Å²) in [4.78, 5) is 2.46. The number of rotatable bonds is 5. The lowest BCUT2D eigenvalue weighted by molar-refractivity contribution is 0.247. The van der Waals surface area contributed by atoms with Gasteiger partial charge in [0.2, 0.25) is 0 Å². The SMILES string of the molecule is CCCc1c(CC)c(C2CCCN(C)C2)nn1CC. The molecule has 0 aromatic carbocycles. The van der Waals surface area contributed by atoms with Gasteiger partial charge in [0.15, 0.2) is 0 Å². The van der Waals surface area contributed by atoms with Crippen molar-refractivity contribution >= 4 is 0 Å². The molecule has 19 heavy (non-hydrogen) atoms. The van der Waals surface area contributed by atoms with Crippen molar-refractivity contribution in [3.8, 4) is 0 Å². The number of aromatic nitrogens is 2. The Morgan fingerprint density at radius 1 is 1.26 bits per heavy atom. The van der Waals surface area contributed by atoms with E-state index in [1.807, 2.05) is 0 Å². The lowest BCUT2D eigenvalue weighted by Crippen LogP contribution is -2.31. The number of likely N-dealkylation sites (N-methyl/N-ethyl adjacent to an activating group) is 1. The second-order valence-corrected chi connectivity index (χ2v) is 5.83. The molecule has 1 aromatic rings. The fourth-order valence-corrected chi connectivity index (χ4v) is 3.44. The molecule has 1 aliphatic heterocycles. The molecule has 0 aliphatic carbocycles. The van der Waals surface area contributed by atoms with Crippen LogP contribution in [-0.4, -0.2) is 34.8 Å². The molecule has 1 aliphatic rings. The lowest BCUT2D eigenvalue weighted by atomic mass is 9.91. The molecular weight excluding hydrogens is 234 g/mol. The zero-order chi connectivity index (χ0) is 13.8. The molecule has 0 radical (unpaired) electrons. The van der Waals surface area contributed by atoms with Crippen LogP contribution in [0.25, 0.3) is 0 Å². The van der Waals surface area contributed by atoms with Crippen LogP contribution in [0.2, 0.25) is 0 Å². The van der Waals surface area contributed by atoms with Crippen LogP contribution in [0.4, 0.5) is 0 Å². The van der Waals surface area contributed by atoms with Gasteiger partial charge in [-0.25, -0.2) is 0 Å². The van der Waals surface area contributed by atoms with Gasteiger partial charge in [-0.15, -0.1) is 0 Å². The molecule has 3 heteroatoms. The molecule has 1 unspecified atom stereocenters. The topological polar surface area (TPSA) is 21.1 Å². The molecule has 3 nitrogen and oxygen atoms in total. The predicted molar refractivity (Wildman–Crippen MR) is 80.7 cm³/mol. The average Bonchev–Trinajstić information content (AvgIpc) is 2.77. The van der Waals surface area contributed by atoms with Crippen molar-refractivity contribution < 1.29 is 0 Å². The fraction of sp³-hybridized carbons (Fsp3) is 0.812. The first-order valence-electron chi connectivity index (χ1n) is 7.98. The second kappa shape index (κ2) is 6.56. The summed E-state index contributed by atoms with van der Waals surface area (Å²) in [5.74, 6) is 0.650. The van der Waals surface area contributed by atoms with Crippen molar-refractivity contribution in [3.63, 3.8) is 0 Å². The Labute approximate surface area is 118 Å². The Morgan fingerprint density at radius 3 is 2.63 bits per heavy atom. The standard InChI is InChI=1S/C16H29N3/c1-5-9-15-14(6-2)16(17-19(15)7-3)13-10-8-11-18(4)12-13/h13H,5-12H2,1-4H3. The normalized spacial score (nSPS) is 20.9. The molecule has 1 atom stereocenters. The molecular formula is C16H29N3. The second-order valence-electron chi connectivity index (χ2n) is 5.83. The number of piperidine rings is 1. The van der Waals surface area contributed by atoms with E-state index < -0.39 is 0 Å². The first-order chi connectivity index (χ1) is 9.21. The van der Waals surface area contributed by atoms with Crippen LogP contribution < -0.4 is 0 Å². The van der Waals surface area contributed by atoms with E-state index in [4.69, 9.17) is 5.10 Å². The van der Waals surface area contributed by atoms with E-state index in [1.54, 1.807) is 5.56 Å². The Bertz CT molecular complexity index is 408. The van der Waals surface area contributed by atoms with Gasteiger partial charge >= 0.3 is 0 Å². The minimum Gasteiger partial charge on any atom is -0.306 e. The zero-order valence-electron chi connectivity index (χ0n) is 13.1. The minimum absolute atomic E-state index is 0.650. The third-order valence-electron chi connectivity index (χ3n) is 4.35. The quantitative estimate of drug-likeness (QED) is 0.813. The number of aryl methyl sites for hydroxylation is 1. The van der Waals surface area contributed by atoms with Crippen molar-refractivity contribution in [1.29, 1.82) is 0 Å². The molecule has 0 amide bonds. The average molecular weight is 263 g/mol. The monoisotopic (exact) mass is 263 g/mol. The lowest BCUT2D eigenvalue weighted by Gasteiger charge is -2.29. The van der Waals surface area contributed by atoms with E-state index in [1.165, 1.54) is 50.2 Å². The van der Waals surface area contributed by atoms with Crippen molar-refractivity contribution in [2.75, 3.05) is 20.1 Å². The van der Waals surface area contributed by atoms with Gasteiger partial charge < -0.3 is 4.90 Å². The van der Waals surface area contributed by atoms with Crippen molar-refractivity contribution in [3.05, 3.63) is 17.0 Å². The van der Waals surface area contributed by atoms with E-state index in [0.717, 1.165) is 13.0 Å². The van der Waals surface area contributed by atoms with Crippen LogP contribution >= 0.6 is 0 Å². The zero-order valence-corrected chi connectivity index (χ0v) is 13.1. The largest absolute Gasteiger partial charge is 0.306 e. The van der Waals surface area contributed by atoms with Gasteiger partial charge in [-0.05, 0) is 51.8 Å². The van der Waals surface area contributed by atoms with Crippen molar-refractivity contribution in [2.45, 2.75) is 65.3 Å². The van der Waals surface area contributed by atoms with Crippen LogP contribution in [0.5, 0.6) is 0 Å². The Morgan fingerprint density at radius 2 is 2.05 bits per heavy atom. The molecule has 1 saturated heterocycles. The first kappa shape index (κ1) is 14.6. The summed E-state index contributed by atoms with van der Waals surface area (Å²) in [5, 5.41) is 4.97. The third kappa shape index (κ3) is 3.02. The molecule has 0 bridgehead atoms. The minimum atomic E-state index is 0.650. The molecule has 2 rings (SSSR count). The summed E-state index contributed by atoms with van der Waals surface area (Å²) in [6.07, 6.45) is 6.14. The highest BCUT2D eigenvalue weighted by atomic mass is 15.3. The number of hydrogen-bond donors (Lipinski definition) is 0. The highest BCUT2D eigenvalue weighted by Gasteiger charge is 2.25. The maximum atomic E-state index is 4.97. The first-order valence-corrected chi connectivity index (χ1v) is 7.98. The van der Waals surface area contributed by atoms with E-state index in [0.29, 0.717) is 5.92 Å². The highest BCUT2D eigenvalue weighted by Crippen LogP contribution is 2.30. The Hall–Kier alpha value is -0.830. The molecule has 0 spiro atoms. The summed E-state index contributed by atoms with van der Waals surface area (Å²) in [6, 6.07) is 0. The molecule has 0 saturated carbocycles. The number of hydrogen-bond acceptors (Lipinski definition) is 2. The van der Waals surface area contributed by atoms with Gasteiger partial charge in [0.1, 0.15) is 0 Å². The highest BCUT2D eigenvalue weighted by molar-refractivity contribution is 5.30. The van der Waals surface area contributed by atoms with Crippen LogP contribution in [-0.2, 0) is 19.4 Å². The summed E-state index contributed by atoms with van der Waals surface area (Å²) in [5.41, 5.74) is 4.44. The smallest absolute Gasteiger partial charge is 0.0703 e. The Balaban J connectivity index is 2.33. The fourth-order valence-electron chi connectivity index (χ4n) is 3.44. The summed E-state index contributed by atoms with van der Waals surface area (Å²) < 4.78 is 2.26. The van der Waals surface area contributed by atoms with Gasteiger partial charge in [0.05, 0.1) is 5.69 Å². The van der Waals surface area contributed by atoms with Crippen molar-refractivity contribution in [1.82, 2.24) is 14.7 Å². The van der Waals surface area contributed by atoms with E-state index in [2.05, 4.69) is 37.4 Å². The summed E-state index contributed by atoms with van der Waals surface area (Å²) in [7, 11) is 2.24. The van der Waals surface area contributed by atoms with E-state index in [-0.39, 0.29) is 0 Å². The van der Waals surface area contributed by atoms with Crippen LogP contribution in [0.3, 0.4) is 0 Å². The molecule has 0 N–H and O–H groups in total. The maximum Gasteiger partial charge on any atom is 0.0703 e. The Kier molecular flexibility index (Phi) is 5.03. The number of nitrogens with zero attached hydrogens (tertiary/aromatic N) is 3. The summed E-state index contributed by atoms with van der Waals surface area (Å²) >= 11 is 0. The van der Waals surface area contributed by atoms with Gasteiger partial charge in [-0.3, -0.25) is 4.68 Å². The van der Waals surface area contributed by atoms with Gasteiger partial charge in [-0.1, -0.05) is 20.3 Å².